The van der Waals surface area contributed by atoms with Crippen molar-refractivity contribution in [3.63, 3.8) is 0 Å². The van der Waals surface area contributed by atoms with Gasteiger partial charge in [0.15, 0.2) is 0 Å². The third-order valence-corrected chi connectivity index (χ3v) is 4.62. The maximum Gasteiger partial charge on any atom is 0.337 e. The van der Waals surface area contributed by atoms with Crippen LogP contribution in [0.4, 0.5) is 22.7 Å². The van der Waals surface area contributed by atoms with Gasteiger partial charge in [-0.1, -0.05) is 18.2 Å². The Kier molecular flexibility index (Phi) is 4.59. The number of aromatic nitrogens is 2. The number of hydrogen-bond acceptors (Lipinski definition) is 5. The van der Waals surface area contributed by atoms with Crippen molar-refractivity contribution in [1.29, 1.82) is 5.26 Å². The Bertz CT molecular complexity index is 1240. The molecule has 0 saturated heterocycles. The lowest BCUT2D eigenvalue weighted by Crippen LogP contribution is -2.01. The van der Waals surface area contributed by atoms with Gasteiger partial charge in [0, 0.05) is 23.3 Å². The number of aromatic carboxylic acids is 1. The van der Waals surface area contributed by atoms with Crippen molar-refractivity contribution >= 4 is 34.2 Å². The molecule has 142 valence electrons. The molecule has 0 unspecified atom stereocenters. The van der Waals surface area contributed by atoms with Crippen molar-refractivity contribution in [2.75, 3.05) is 10.6 Å². The Balaban J connectivity index is 1.68. The standard InChI is InChI=1S/C22H17N5O2/c1-14-19(22(28)29)13-27-21(14)20(15(11-23)12-24-27)26-18-9-7-17(8-10-18)25-16-5-3-2-4-6-16/h2-10,12-13,25-26H,1H3,(H,28,29). The number of anilines is 4. The van der Waals surface area contributed by atoms with Gasteiger partial charge in [-0.2, -0.15) is 10.4 Å². The highest BCUT2D eigenvalue weighted by atomic mass is 16.4. The number of nitrogens with one attached hydrogen (secondary N) is 2. The molecule has 4 aromatic rings. The SMILES string of the molecule is Cc1c(C(=O)O)cn2ncc(C#N)c(Nc3ccc(Nc4ccccc4)cc3)c12. The summed E-state index contributed by atoms with van der Waals surface area (Å²) in [4.78, 5) is 11.5. The van der Waals surface area contributed by atoms with Crippen molar-refractivity contribution in [2.45, 2.75) is 6.92 Å². The van der Waals surface area contributed by atoms with E-state index in [4.69, 9.17) is 0 Å². The van der Waals surface area contributed by atoms with Gasteiger partial charge in [0.1, 0.15) is 6.07 Å². The lowest BCUT2D eigenvalue weighted by Gasteiger charge is -2.12. The molecule has 0 saturated carbocycles. The molecule has 3 N–H and O–H groups in total. The molecule has 7 heteroatoms. The molecule has 0 aliphatic heterocycles. The van der Waals surface area contributed by atoms with Gasteiger partial charge in [0.05, 0.1) is 28.5 Å². The van der Waals surface area contributed by atoms with Crippen molar-refractivity contribution in [1.82, 2.24) is 9.61 Å². The van der Waals surface area contributed by atoms with Crippen LogP contribution in [0.1, 0.15) is 21.5 Å². The second-order valence-electron chi connectivity index (χ2n) is 6.50. The van der Waals surface area contributed by atoms with Gasteiger partial charge in [0.25, 0.3) is 0 Å². The Morgan fingerprint density at radius 3 is 2.28 bits per heavy atom. The summed E-state index contributed by atoms with van der Waals surface area (Å²) >= 11 is 0. The minimum absolute atomic E-state index is 0.151. The number of nitrogens with zero attached hydrogens (tertiary/aromatic N) is 3. The Hall–Kier alpha value is -4.31. The van der Waals surface area contributed by atoms with E-state index in [1.165, 1.54) is 16.9 Å². The third kappa shape index (κ3) is 3.47. The summed E-state index contributed by atoms with van der Waals surface area (Å²) in [6, 6.07) is 19.6. The highest BCUT2D eigenvalue weighted by Crippen LogP contribution is 2.30. The number of fused-ring (bicyclic) bond motifs is 1. The predicted molar refractivity (Wildman–Crippen MR) is 111 cm³/mol. The van der Waals surface area contributed by atoms with E-state index < -0.39 is 5.97 Å². The van der Waals surface area contributed by atoms with Gasteiger partial charge in [-0.25, -0.2) is 9.31 Å². The number of carboxylic acids is 1. The summed E-state index contributed by atoms with van der Waals surface area (Å²) in [6.07, 6.45) is 2.87. The average Bonchev–Trinajstić information content (AvgIpc) is 3.08. The van der Waals surface area contributed by atoms with Crippen LogP contribution in [-0.2, 0) is 0 Å². The molecule has 0 atom stereocenters. The molecule has 2 aromatic carbocycles. The lowest BCUT2D eigenvalue weighted by atomic mass is 10.1. The zero-order valence-corrected chi connectivity index (χ0v) is 15.5. The van der Waals surface area contributed by atoms with Gasteiger partial charge in [-0.3, -0.25) is 0 Å². The Labute approximate surface area is 166 Å². The molecule has 0 fully saturated rings. The monoisotopic (exact) mass is 383 g/mol. The van der Waals surface area contributed by atoms with Gasteiger partial charge >= 0.3 is 5.97 Å². The molecule has 0 spiro atoms. The zero-order chi connectivity index (χ0) is 20.4. The average molecular weight is 383 g/mol. The van der Waals surface area contributed by atoms with Crippen molar-refractivity contribution in [3.8, 4) is 6.07 Å². The number of benzene rings is 2. The lowest BCUT2D eigenvalue weighted by molar-refractivity contribution is 0.0696. The molecule has 0 aliphatic rings. The Morgan fingerprint density at radius 1 is 1.03 bits per heavy atom. The minimum atomic E-state index is -1.03. The van der Waals surface area contributed by atoms with Crippen LogP contribution >= 0.6 is 0 Å². The van der Waals surface area contributed by atoms with Crippen LogP contribution in [0.15, 0.2) is 67.0 Å². The van der Waals surface area contributed by atoms with Crippen LogP contribution < -0.4 is 10.6 Å². The van der Waals surface area contributed by atoms with Crippen molar-refractivity contribution in [2.24, 2.45) is 0 Å². The van der Waals surface area contributed by atoms with E-state index in [2.05, 4.69) is 21.8 Å². The number of carbonyl (C=O) groups is 1. The number of carboxylic acid groups (broad SMARTS) is 1. The highest BCUT2D eigenvalue weighted by Gasteiger charge is 2.19. The normalized spacial score (nSPS) is 10.5. The number of para-hydroxylation sites is 1. The predicted octanol–water partition coefficient (Wildman–Crippen LogP) is 4.70. The molecular weight excluding hydrogens is 366 g/mol. The molecule has 0 bridgehead atoms. The smallest absolute Gasteiger partial charge is 0.337 e. The molecule has 7 nitrogen and oxygen atoms in total. The van der Waals surface area contributed by atoms with Crippen LogP contribution in [-0.4, -0.2) is 20.7 Å². The minimum Gasteiger partial charge on any atom is -0.478 e. The summed E-state index contributed by atoms with van der Waals surface area (Å²) < 4.78 is 1.48. The fourth-order valence-corrected chi connectivity index (χ4v) is 3.18. The number of aryl methyl sites for hydroxylation is 1. The summed E-state index contributed by atoms with van der Waals surface area (Å²) in [5, 5.41) is 29.6. The van der Waals surface area contributed by atoms with Gasteiger partial charge in [-0.05, 0) is 48.9 Å². The number of rotatable bonds is 5. The molecule has 2 heterocycles. The molecule has 29 heavy (non-hydrogen) atoms. The van der Waals surface area contributed by atoms with Gasteiger partial charge in [-0.15, -0.1) is 0 Å². The maximum absolute atomic E-state index is 11.5. The molecular formula is C22H17N5O2. The molecule has 2 aromatic heterocycles. The third-order valence-electron chi connectivity index (χ3n) is 4.62. The van der Waals surface area contributed by atoms with E-state index in [1.807, 2.05) is 54.6 Å². The van der Waals surface area contributed by atoms with E-state index in [0.717, 1.165) is 17.1 Å². The van der Waals surface area contributed by atoms with E-state index in [0.29, 0.717) is 22.3 Å². The van der Waals surface area contributed by atoms with E-state index in [1.54, 1.807) is 6.92 Å². The van der Waals surface area contributed by atoms with Gasteiger partial charge in [0.2, 0.25) is 0 Å². The summed E-state index contributed by atoms with van der Waals surface area (Å²) in [7, 11) is 0. The maximum atomic E-state index is 11.5. The van der Waals surface area contributed by atoms with Crippen LogP contribution in [0.5, 0.6) is 0 Å². The first-order valence-electron chi connectivity index (χ1n) is 8.90. The molecule has 4 rings (SSSR count). The zero-order valence-electron chi connectivity index (χ0n) is 15.5. The molecule has 0 aliphatic carbocycles. The topological polar surface area (TPSA) is 102 Å². The highest BCUT2D eigenvalue weighted by molar-refractivity contribution is 5.96. The van der Waals surface area contributed by atoms with Crippen LogP contribution in [0.25, 0.3) is 5.52 Å². The van der Waals surface area contributed by atoms with Crippen molar-refractivity contribution < 1.29 is 9.90 Å². The number of nitriles is 1. The summed E-state index contributed by atoms with van der Waals surface area (Å²) in [5.41, 5.74) is 4.80. The largest absolute Gasteiger partial charge is 0.478 e. The first kappa shape index (κ1) is 18.1. The fraction of sp³-hybridized carbons (Fsp3) is 0.0455. The quantitative estimate of drug-likeness (QED) is 0.462. The second-order valence-corrected chi connectivity index (χ2v) is 6.50. The van der Waals surface area contributed by atoms with E-state index in [-0.39, 0.29) is 5.56 Å². The number of hydrogen-bond donors (Lipinski definition) is 3. The van der Waals surface area contributed by atoms with Crippen molar-refractivity contribution in [3.05, 3.63) is 83.7 Å². The van der Waals surface area contributed by atoms with Gasteiger partial charge < -0.3 is 15.7 Å². The Morgan fingerprint density at radius 2 is 1.66 bits per heavy atom. The molecule has 0 radical (unpaired) electrons. The van der Waals surface area contributed by atoms with Crippen LogP contribution in [0.2, 0.25) is 0 Å². The first-order valence-corrected chi connectivity index (χ1v) is 8.90. The van der Waals surface area contributed by atoms with E-state index in [9.17, 15) is 15.2 Å². The summed E-state index contributed by atoms with van der Waals surface area (Å²) in [6.45, 7) is 1.71. The van der Waals surface area contributed by atoms with Crippen LogP contribution in [0, 0.1) is 18.3 Å². The summed E-state index contributed by atoms with van der Waals surface area (Å²) in [5.74, 6) is -1.03. The van der Waals surface area contributed by atoms with E-state index >= 15 is 0 Å². The fourth-order valence-electron chi connectivity index (χ4n) is 3.18. The first-order chi connectivity index (χ1) is 14.1. The molecule has 0 amide bonds. The second kappa shape index (κ2) is 7.37. The van der Waals surface area contributed by atoms with Crippen LogP contribution in [0.3, 0.4) is 0 Å².